The van der Waals surface area contributed by atoms with E-state index in [1.165, 1.54) is 12.1 Å². The molecular weight excluding hydrogens is 629 g/mol. The number of hydrogen-bond acceptors (Lipinski definition) is 6. The molecule has 0 amide bonds. The fourth-order valence-electron chi connectivity index (χ4n) is 6.46. The van der Waals surface area contributed by atoms with Gasteiger partial charge in [0.1, 0.15) is 11.4 Å². The summed E-state index contributed by atoms with van der Waals surface area (Å²) in [5.74, 6) is -1.19. The van der Waals surface area contributed by atoms with Gasteiger partial charge in [0.15, 0.2) is 0 Å². The van der Waals surface area contributed by atoms with Crippen molar-refractivity contribution in [2.75, 3.05) is 13.2 Å². The summed E-state index contributed by atoms with van der Waals surface area (Å²) in [6, 6.07) is 16.1. The predicted molar refractivity (Wildman–Crippen MR) is 186 cm³/mol. The van der Waals surface area contributed by atoms with Crippen molar-refractivity contribution in [3.8, 4) is 0 Å². The van der Waals surface area contributed by atoms with Gasteiger partial charge in [-0.15, -0.1) is 0 Å². The van der Waals surface area contributed by atoms with Crippen LogP contribution in [0.4, 0.5) is 4.39 Å². The second-order valence-corrected chi connectivity index (χ2v) is 16.0. The molecule has 3 aromatic carbocycles. The smallest absolute Gasteiger partial charge is 0.306 e. The highest BCUT2D eigenvalue weighted by atomic mass is 32.2. The first-order chi connectivity index (χ1) is 22.6. The maximum atomic E-state index is 14.2. The largest absolute Gasteiger partial charge is 0.466 e. The van der Waals surface area contributed by atoms with Crippen LogP contribution < -0.4 is 0 Å². The zero-order valence-electron chi connectivity index (χ0n) is 29.4. The number of hydrogen-bond donors (Lipinski definition) is 0. The van der Waals surface area contributed by atoms with Gasteiger partial charge in [-0.2, -0.15) is 4.31 Å². The summed E-state index contributed by atoms with van der Waals surface area (Å²) in [5.41, 5.74) is 5.57. The molecule has 0 saturated heterocycles. The van der Waals surface area contributed by atoms with Gasteiger partial charge in [0.05, 0.1) is 17.9 Å². The highest BCUT2D eigenvalue weighted by molar-refractivity contribution is 7.89. The van der Waals surface area contributed by atoms with E-state index in [4.69, 9.17) is 9.47 Å². The Hall–Kier alpha value is -3.56. The fourth-order valence-corrected chi connectivity index (χ4v) is 8.21. The number of fused-ring (bicyclic) bond motifs is 1. The predicted octanol–water partition coefficient (Wildman–Crippen LogP) is 7.97. The molecule has 2 atom stereocenters. The van der Waals surface area contributed by atoms with Crippen LogP contribution in [-0.2, 0) is 48.5 Å². The number of esters is 2. The Morgan fingerprint density at radius 3 is 2.42 bits per heavy atom. The van der Waals surface area contributed by atoms with Gasteiger partial charge >= 0.3 is 11.9 Å². The number of halogens is 1. The summed E-state index contributed by atoms with van der Waals surface area (Å²) in [6.07, 6.45) is 3.34. The van der Waals surface area contributed by atoms with Crippen molar-refractivity contribution in [3.63, 3.8) is 0 Å². The van der Waals surface area contributed by atoms with Crippen LogP contribution in [0.3, 0.4) is 0 Å². The van der Waals surface area contributed by atoms with Gasteiger partial charge in [-0.1, -0.05) is 43.3 Å². The molecule has 4 rings (SSSR count). The summed E-state index contributed by atoms with van der Waals surface area (Å²) in [4.78, 5) is 25.1. The van der Waals surface area contributed by atoms with Crippen LogP contribution in [0.15, 0.2) is 59.5 Å². The molecule has 48 heavy (non-hydrogen) atoms. The minimum Gasteiger partial charge on any atom is -0.466 e. The molecule has 0 aliphatic carbocycles. The molecule has 1 aliphatic rings. The molecule has 2 unspecified atom stereocenters. The molecule has 9 heteroatoms. The molecule has 0 bridgehead atoms. The van der Waals surface area contributed by atoms with E-state index in [1.807, 2.05) is 65.0 Å². The Kier molecular flexibility index (Phi) is 12.2. The summed E-state index contributed by atoms with van der Waals surface area (Å²) in [7, 11) is -3.80. The standard InChI is InChI=1S/C39H50FNO6S/c1-8-46-38(43)23-35(34-17-16-33(40)20-28(34)4)30-15-13-27(3)32(22-30)25-41-24-26(2)19-31-21-29(14-18-36(31)48(41,44)45)11-9-10-12-37(42)47-39(5,6)7/h13-18,20-22,26,35H,8-12,19,23-25H2,1-7H3. The third-order valence-electron chi connectivity index (χ3n) is 8.75. The first kappa shape index (κ1) is 37.3. The van der Waals surface area contributed by atoms with E-state index >= 15 is 0 Å². The normalized spacial score (nSPS) is 16.9. The number of carbonyl (C=O) groups is 2. The lowest BCUT2D eigenvalue weighted by Gasteiger charge is -2.25. The minimum atomic E-state index is -3.80. The van der Waals surface area contributed by atoms with Crippen LogP contribution in [0.25, 0.3) is 0 Å². The lowest BCUT2D eigenvalue weighted by Crippen LogP contribution is -2.33. The van der Waals surface area contributed by atoms with Gasteiger partial charge in [-0.05, 0) is 130 Å². The molecule has 7 nitrogen and oxygen atoms in total. The lowest BCUT2D eigenvalue weighted by molar-refractivity contribution is -0.155. The second kappa shape index (κ2) is 15.8. The first-order valence-electron chi connectivity index (χ1n) is 16.9. The first-order valence-corrected chi connectivity index (χ1v) is 18.4. The molecule has 3 aromatic rings. The highest BCUT2D eigenvalue weighted by Gasteiger charge is 2.33. The number of ether oxygens (including phenoxy) is 2. The van der Waals surface area contributed by atoms with Crippen molar-refractivity contribution in [1.82, 2.24) is 4.31 Å². The van der Waals surface area contributed by atoms with Gasteiger partial charge in [0.25, 0.3) is 0 Å². The van der Waals surface area contributed by atoms with Crippen molar-refractivity contribution in [3.05, 3.63) is 99.4 Å². The number of unbranched alkanes of at least 4 members (excludes halogenated alkanes) is 1. The van der Waals surface area contributed by atoms with Crippen molar-refractivity contribution < 1.29 is 31.9 Å². The van der Waals surface area contributed by atoms with Crippen LogP contribution in [0.1, 0.15) is 105 Å². The van der Waals surface area contributed by atoms with Gasteiger partial charge in [-0.3, -0.25) is 9.59 Å². The number of benzene rings is 3. The Morgan fingerprint density at radius 1 is 0.979 bits per heavy atom. The molecule has 0 spiro atoms. The molecule has 0 saturated carbocycles. The Morgan fingerprint density at radius 2 is 1.73 bits per heavy atom. The van der Waals surface area contributed by atoms with Crippen molar-refractivity contribution in [1.29, 1.82) is 0 Å². The molecule has 260 valence electrons. The molecule has 0 fully saturated rings. The SMILES string of the molecule is CCOC(=O)CC(c1ccc(C)c(CN2CC(C)Cc3cc(CCCCC(=O)OC(C)(C)C)ccc3S2(=O)=O)c1)c1ccc(F)cc1C. The van der Waals surface area contributed by atoms with E-state index in [-0.39, 0.29) is 49.2 Å². The van der Waals surface area contributed by atoms with E-state index in [9.17, 15) is 22.4 Å². The molecule has 0 radical (unpaired) electrons. The monoisotopic (exact) mass is 679 g/mol. The zero-order valence-corrected chi connectivity index (χ0v) is 30.2. The Balaban J connectivity index is 1.56. The van der Waals surface area contributed by atoms with Crippen LogP contribution in [0.2, 0.25) is 0 Å². The maximum absolute atomic E-state index is 14.2. The van der Waals surface area contributed by atoms with E-state index < -0.39 is 15.6 Å². The van der Waals surface area contributed by atoms with Crippen molar-refractivity contribution in [2.24, 2.45) is 5.92 Å². The molecular formula is C39H50FNO6S. The molecule has 1 heterocycles. The number of aryl methyl sites for hydroxylation is 3. The summed E-state index contributed by atoms with van der Waals surface area (Å²) in [5, 5.41) is 0. The van der Waals surface area contributed by atoms with E-state index in [0.717, 1.165) is 51.8 Å². The quantitative estimate of drug-likeness (QED) is 0.143. The highest BCUT2D eigenvalue weighted by Crippen LogP contribution is 2.35. The van der Waals surface area contributed by atoms with E-state index in [0.29, 0.717) is 30.7 Å². The Bertz CT molecular complexity index is 1730. The zero-order chi connectivity index (χ0) is 35.2. The molecule has 0 N–H and O–H groups in total. The third kappa shape index (κ3) is 9.75. The number of sulfonamides is 1. The van der Waals surface area contributed by atoms with E-state index in [2.05, 4.69) is 6.92 Å². The van der Waals surface area contributed by atoms with Crippen LogP contribution in [0, 0.1) is 25.6 Å². The lowest BCUT2D eigenvalue weighted by atomic mass is 9.84. The number of rotatable bonds is 12. The van der Waals surface area contributed by atoms with Gasteiger partial charge < -0.3 is 9.47 Å². The van der Waals surface area contributed by atoms with Gasteiger partial charge in [0.2, 0.25) is 10.0 Å². The summed E-state index contributed by atoms with van der Waals surface area (Å²) >= 11 is 0. The summed E-state index contributed by atoms with van der Waals surface area (Å²) < 4.78 is 54.6. The topological polar surface area (TPSA) is 90.0 Å². The number of nitrogens with zero attached hydrogens (tertiary/aromatic N) is 1. The van der Waals surface area contributed by atoms with Crippen molar-refractivity contribution in [2.45, 2.75) is 110 Å². The average molecular weight is 680 g/mol. The van der Waals surface area contributed by atoms with E-state index in [1.54, 1.807) is 23.4 Å². The minimum absolute atomic E-state index is 0.0819. The van der Waals surface area contributed by atoms with Gasteiger partial charge in [0, 0.05) is 25.4 Å². The maximum Gasteiger partial charge on any atom is 0.306 e. The van der Waals surface area contributed by atoms with Crippen LogP contribution >= 0.6 is 0 Å². The fraction of sp³-hybridized carbons (Fsp3) is 0.487. The molecule has 1 aliphatic heterocycles. The van der Waals surface area contributed by atoms with Gasteiger partial charge in [-0.25, -0.2) is 12.8 Å². The third-order valence-corrected chi connectivity index (χ3v) is 10.7. The molecule has 0 aromatic heterocycles. The van der Waals surface area contributed by atoms with Crippen molar-refractivity contribution >= 4 is 22.0 Å². The summed E-state index contributed by atoms with van der Waals surface area (Å²) in [6.45, 7) is 14.0. The second-order valence-electron chi connectivity index (χ2n) is 14.1. The average Bonchev–Trinajstić information content (AvgIpc) is 3.07. The van der Waals surface area contributed by atoms with Crippen LogP contribution in [0.5, 0.6) is 0 Å². The number of carbonyl (C=O) groups excluding carboxylic acids is 2. The van der Waals surface area contributed by atoms with Crippen LogP contribution in [-0.4, -0.2) is 43.4 Å². The Labute approximate surface area is 285 Å².